The van der Waals surface area contributed by atoms with Crippen LogP contribution in [0, 0.1) is 0 Å². The zero-order valence-electron chi connectivity index (χ0n) is 8.79. The van der Waals surface area contributed by atoms with Gasteiger partial charge >= 0.3 is 0 Å². The van der Waals surface area contributed by atoms with E-state index >= 15 is 0 Å². The highest BCUT2D eigenvalue weighted by molar-refractivity contribution is 7.18. The largest absolute Gasteiger partial charge is 0.321 e. The van der Waals surface area contributed by atoms with Crippen molar-refractivity contribution in [2.75, 3.05) is 0 Å². The number of aryl methyl sites for hydroxylation is 1. The van der Waals surface area contributed by atoms with Gasteiger partial charge in [-0.15, -0.1) is 11.3 Å². The SMILES string of the molecule is CCc1nc2ccc(C3(N)CC3)cc2s1. The molecule has 1 aromatic heterocycles. The van der Waals surface area contributed by atoms with E-state index in [2.05, 4.69) is 30.1 Å². The average Bonchev–Trinajstić information content (AvgIpc) is 2.86. The predicted octanol–water partition coefficient (Wildman–Crippen LogP) is 2.81. The van der Waals surface area contributed by atoms with Crippen molar-refractivity contribution in [3.05, 3.63) is 28.8 Å². The molecular weight excluding hydrogens is 204 g/mol. The van der Waals surface area contributed by atoms with E-state index in [9.17, 15) is 0 Å². The minimum Gasteiger partial charge on any atom is -0.321 e. The maximum Gasteiger partial charge on any atom is 0.0935 e. The molecule has 1 fully saturated rings. The van der Waals surface area contributed by atoms with E-state index in [1.807, 2.05) is 0 Å². The Bertz CT molecular complexity index is 511. The Morgan fingerprint density at radius 2 is 2.27 bits per heavy atom. The molecule has 1 heterocycles. The maximum atomic E-state index is 6.18. The van der Waals surface area contributed by atoms with Crippen LogP contribution in [0.25, 0.3) is 10.2 Å². The molecule has 0 amide bonds. The number of nitrogens with two attached hydrogens (primary N) is 1. The number of thiazole rings is 1. The van der Waals surface area contributed by atoms with Gasteiger partial charge in [0.2, 0.25) is 0 Å². The van der Waals surface area contributed by atoms with Gasteiger partial charge in [-0.3, -0.25) is 0 Å². The van der Waals surface area contributed by atoms with E-state index in [1.54, 1.807) is 11.3 Å². The summed E-state index contributed by atoms with van der Waals surface area (Å²) in [4.78, 5) is 4.55. The Kier molecular flexibility index (Phi) is 1.88. The van der Waals surface area contributed by atoms with Crippen molar-refractivity contribution in [1.29, 1.82) is 0 Å². The Labute approximate surface area is 93.1 Å². The summed E-state index contributed by atoms with van der Waals surface area (Å²) in [5.41, 5.74) is 8.55. The minimum atomic E-state index is -0.0233. The second kappa shape index (κ2) is 3.03. The quantitative estimate of drug-likeness (QED) is 0.841. The molecule has 0 saturated heterocycles. The molecule has 3 heteroatoms. The smallest absolute Gasteiger partial charge is 0.0935 e. The van der Waals surface area contributed by atoms with Gasteiger partial charge in [-0.05, 0) is 37.0 Å². The van der Waals surface area contributed by atoms with E-state index in [0.29, 0.717) is 0 Å². The van der Waals surface area contributed by atoms with Crippen molar-refractivity contribution in [2.24, 2.45) is 5.73 Å². The van der Waals surface area contributed by atoms with Crippen molar-refractivity contribution < 1.29 is 0 Å². The summed E-state index contributed by atoms with van der Waals surface area (Å²) in [6.45, 7) is 2.14. The van der Waals surface area contributed by atoms with Gasteiger partial charge in [0.15, 0.2) is 0 Å². The minimum absolute atomic E-state index is 0.0233. The molecule has 2 nitrogen and oxygen atoms in total. The number of aromatic nitrogens is 1. The molecule has 15 heavy (non-hydrogen) atoms. The van der Waals surface area contributed by atoms with Gasteiger partial charge in [-0.25, -0.2) is 4.98 Å². The number of rotatable bonds is 2. The van der Waals surface area contributed by atoms with Gasteiger partial charge < -0.3 is 5.73 Å². The fourth-order valence-electron chi connectivity index (χ4n) is 1.86. The fraction of sp³-hybridized carbons (Fsp3) is 0.417. The van der Waals surface area contributed by atoms with Crippen LogP contribution in [0.1, 0.15) is 30.3 Å². The van der Waals surface area contributed by atoms with Crippen molar-refractivity contribution >= 4 is 21.6 Å². The first kappa shape index (κ1) is 9.31. The summed E-state index contributed by atoms with van der Waals surface area (Å²) in [6.07, 6.45) is 3.26. The van der Waals surface area contributed by atoms with E-state index in [-0.39, 0.29) is 5.54 Å². The molecule has 0 bridgehead atoms. The van der Waals surface area contributed by atoms with Crippen LogP contribution in [0.15, 0.2) is 18.2 Å². The second-order valence-electron chi connectivity index (χ2n) is 4.30. The Morgan fingerprint density at radius 1 is 1.47 bits per heavy atom. The van der Waals surface area contributed by atoms with E-state index in [4.69, 9.17) is 5.73 Å². The number of hydrogen-bond acceptors (Lipinski definition) is 3. The highest BCUT2D eigenvalue weighted by Gasteiger charge is 2.39. The summed E-state index contributed by atoms with van der Waals surface area (Å²) >= 11 is 1.79. The van der Waals surface area contributed by atoms with Gasteiger partial charge in [-0.2, -0.15) is 0 Å². The Morgan fingerprint density at radius 3 is 2.93 bits per heavy atom. The molecule has 0 radical (unpaired) electrons. The van der Waals surface area contributed by atoms with Crippen LogP contribution in [0.3, 0.4) is 0 Å². The van der Waals surface area contributed by atoms with Gasteiger partial charge in [0, 0.05) is 5.54 Å². The van der Waals surface area contributed by atoms with Gasteiger partial charge in [0.1, 0.15) is 0 Å². The van der Waals surface area contributed by atoms with Crippen LogP contribution >= 0.6 is 11.3 Å². The molecule has 0 spiro atoms. The zero-order valence-corrected chi connectivity index (χ0v) is 9.60. The van der Waals surface area contributed by atoms with Crippen molar-refractivity contribution in [1.82, 2.24) is 4.98 Å². The van der Waals surface area contributed by atoms with Crippen LogP contribution < -0.4 is 5.73 Å². The standard InChI is InChI=1S/C12H14N2S/c1-2-11-14-9-4-3-8(7-10(9)15-11)12(13)5-6-12/h3-4,7H,2,5-6,13H2,1H3. The summed E-state index contributed by atoms with van der Waals surface area (Å²) in [6, 6.07) is 6.46. The second-order valence-corrected chi connectivity index (χ2v) is 5.42. The van der Waals surface area contributed by atoms with Crippen molar-refractivity contribution in [3.8, 4) is 0 Å². The third-order valence-electron chi connectivity index (χ3n) is 3.10. The first-order valence-electron chi connectivity index (χ1n) is 5.40. The average molecular weight is 218 g/mol. The molecule has 3 rings (SSSR count). The topological polar surface area (TPSA) is 38.9 Å². The van der Waals surface area contributed by atoms with Crippen LogP contribution in [-0.2, 0) is 12.0 Å². The number of benzene rings is 1. The fourth-order valence-corrected chi connectivity index (χ4v) is 2.80. The summed E-state index contributed by atoms with van der Waals surface area (Å²) in [7, 11) is 0. The first-order valence-corrected chi connectivity index (χ1v) is 6.22. The van der Waals surface area contributed by atoms with E-state index in [0.717, 1.165) is 24.8 Å². The number of nitrogens with zero attached hydrogens (tertiary/aromatic N) is 1. The van der Waals surface area contributed by atoms with Gasteiger partial charge in [-0.1, -0.05) is 13.0 Å². The molecule has 0 atom stereocenters. The number of hydrogen-bond donors (Lipinski definition) is 1. The molecule has 78 valence electrons. The number of fused-ring (bicyclic) bond motifs is 1. The molecule has 1 aliphatic carbocycles. The zero-order chi connectivity index (χ0) is 10.5. The van der Waals surface area contributed by atoms with E-state index in [1.165, 1.54) is 15.3 Å². The van der Waals surface area contributed by atoms with Crippen LogP contribution in [0.5, 0.6) is 0 Å². The molecule has 1 aliphatic rings. The molecule has 2 N–H and O–H groups in total. The summed E-state index contributed by atoms with van der Waals surface area (Å²) < 4.78 is 1.28. The molecule has 0 aliphatic heterocycles. The normalized spacial score (nSPS) is 18.3. The monoisotopic (exact) mass is 218 g/mol. The maximum absolute atomic E-state index is 6.18. The highest BCUT2D eigenvalue weighted by atomic mass is 32.1. The van der Waals surface area contributed by atoms with Crippen LogP contribution in [0.2, 0.25) is 0 Å². The Hall–Kier alpha value is -0.930. The predicted molar refractivity (Wildman–Crippen MR) is 64.1 cm³/mol. The lowest BCUT2D eigenvalue weighted by Crippen LogP contribution is -2.18. The first-order chi connectivity index (χ1) is 7.21. The van der Waals surface area contributed by atoms with E-state index < -0.39 is 0 Å². The summed E-state index contributed by atoms with van der Waals surface area (Å²) in [5.74, 6) is 0. The van der Waals surface area contributed by atoms with Crippen molar-refractivity contribution in [3.63, 3.8) is 0 Å². The van der Waals surface area contributed by atoms with Crippen LogP contribution in [0.4, 0.5) is 0 Å². The third kappa shape index (κ3) is 1.46. The highest BCUT2D eigenvalue weighted by Crippen LogP contribution is 2.43. The summed E-state index contributed by atoms with van der Waals surface area (Å²) in [5, 5.41) is 1.21. The van der Waals surface area contributed by atoms with Gasteiger partial charge in [0.05, 0.1) is 15.2 Å². The van der Waals surface area contributed by atoms with Crippen molar-refractivity contribution in [2.45, 2.75) is 31.7 Å². The van der Waals surface area contributed by atoms with Crippen LogP contribution in [-0.4, -0.2) is 4.98 Å². The molecule has 2 aromatic rings. The molecule has 1 saturated carbocycles. The molecular formula is C12H14N2S. The Balaban J connectivity index is 2.13. The van der Waals surface area contributed by atoms with Gasteiger partial charge in [0.25, 0.3) is 0 Å². The lowest BCUT2D eigenvalue weighted by atomic mass is 10.1. The molecule has 0 unspecified atom stereocenters. The third-order valence-corrected chi connectivity index (χ3v) is 4.26. The lowest BCUT2D eigenvalue weighted by Gasteiger charge is -2.07. The molecule has 1 aromatic carbocycles. The lowest BCUT2D eigenvalue weighted by molar-refractivity contribution is 0.742.